The summed E-state index contributed by atoms with van der Waals surface area (Å²) in [5, 5.41) is 0. The molecule has 1 nitrogen and oxygen atoms in total. The van der Waals surface area contributed by atoms with Gasteiger partial charge in [0, 0.05) is 0 Å². The first-order valence-corrected chi connectivity index (χ1v) is 8.64. The Bertz CT molecular complexity index is 344. The maximum atomic E-state index is 5.97. The maximum Gasteiger partial charge on any atom is 0.229 e. The second-order valence-electron chi connectivity index (χ2n) is 4.92. The van der Waals surface area contributed by atoms with Gasteiger partial charge in [0.15, 0.2) is 0 Å². The third-order valence-corrected chi connectivity index (χ3v) is 3.59. The van der Waals surface area contributed by atoms with E-state index in [0.29, 0.717) is 0 Å². The van der Waals surface area contributed by atoms with Gasteiger partial charge in [-0.3, -0.25) is 0 Å². The molecule has 0 N–H and O–H groups in total. The van der Waals surface area contributed by atoms with Crippen LogP contribution in [0.2, 0.25) is 13.1 Å². The molecule has 15 heavy (non-hydrogen) atoms. The number of hydrogen-bond acceptors (Lipinski definition) is 1. The Kier molecular flexibility index (Phi) is 2.87. The quantitative estimate of drug-likeness (QED) is 0.708. The highest BCUT2D eigenvalue weighted by Gasteiger charge is 2.24. The average Bonchev–Trinajstić information content (AvgIpc) is 2.93. The summed E-state index contributed by atoms with van der Waals surface area (Å²) >= 11 is 0. The fourth-order valence-corrected chi connectivity index (χ4v) is 2.90. The van der Waals surface area contributed by atoms with Gasteiger partial charge in [-0.05, 0) is 62.4 Å². The minimum atomic E-state index is -0.978. The Morgan fingerprint density at radius 1 is 1.13 bits per heavy atom. The Hall–Kier alpha value is -0.763. The summed E-state index contributed by atoms with van der Waals surface area (Å²) in [4.78, 5) is 0. The largest absolute Gasteiger partial charge is 0.547 e. The minimum Gasteiger partial charge on any atom is -0.547 e. The van der Waals surface area contributed by atoms with Gasteiger partial charge in [0.1, 0.15) is 5.75 Å². The molecule has 2 rings (SSSR count). The van der Waals surface area contributed by atoms with Crippen molar-refractivity contribution in [2.45, 2.75) is 45.7 Å². The number of benzene rings is 1. The topological polar surface area (TPSA) is 9.23 Å². The molecule has 0 unspecified atom stereocenters. The fourth-order valence-electron chi connectivity index (χ4n) is 2.06. The molecule has 1 aliphatic rings. The summed E-state index contributed by atoms with van der Waals surface area (Å²) in [5.41, 5.74) is 4.15. The molecule has 2 heteroatoms. The van der Waals surface area contributed by atoms with Crippen LogP contribution in [0.1, 0.15) is 35.4 Å². The van der Waals surface area contributed by atoms with E-state index in [9.17, 15) is 0 Å². The molecule has 0 heterocycles. The fraction of sp³-hybridized carbons (Fsp3) is 0.538. The van der Waals surface area contributed by atoms with Gasteiger partial charge < -0.3 is 4.43 Å². The summed E-state index contributed by atoms with van der Waals surface area (Å²) in [6.45, 7) is 8.78. The van der Waals surface area contributed by atoms with E-state index in [1.54, 1.807) is 0 Å². The first kappa shape index (κ1) is 10.7. The molecule has 0 aliphatic heterocycles. The van der Waals surface area contributed by atoms with Gasteiger partial charge in [0.2, 0.25) is 9.04 Å². The molecule has 0 atom stereocenters. The van der Waals surface area contributed by atoms with E-state index in [-0.39, 0.29) is 0 Å². The lowest BCUT2D eigenvalue weighted by atomic mass is 10.0. The highest BCUT2D eigenvalue weighted by Crippen LogP contribution is 2.42. The standard InChI is InChI=1S/C13H20OSi/c1-9-7-12(11-5-6-11)8-10(2)13(9)14-15(3)4/h7-8,11,15H,5-6H2,1-4H3. The SMILES string of the molecule is Cc1cc(C2CC2)cc(C)c1O[SiH](C)C. The molecule has 1 fully saturated rings. The van der Waals surface area contributed by atoms with E-state index in [4.69, 9.17) is 4.43 Å². The summed E-state index contributed by atoms with van der Waals surface area (Å²) in [6.07, 6.45) is 2.75. The molecule has 1 aromatic carbocycles. The van der Waals surface area contributed by atoms with E-state index in [0.717, 1.165) is 11.7 Å². The molecule has 0 bridgehead atoms. The van der Waals surface area contributed by atoms with Gasteiger partial charge >= 0.3 is 0 Å². The maximum absolute atomic E-state index is 5.97. The van der Waals surface area contributed by atoms with Crippen molar-refractivity contribution in [1.29, 1.82) is 0 Å². The Morgan fingerprint density at radius 3 is 2.07 bits per heavy atom. The van der Waals surface area contributed by atoms with Crippen LogP contribution in [-0.4, -0.2) is 9.04 Å². The first-order chi connectivity index (χ1) is 7.08. The monoisotopic (exact) mass is 220 g/mol. The molecular weight excluding hydrogens is 200 g/mol. The number of aryl methyl sites for hydroxylation is 2. The van der Waals surface area contributed by atoms with Gasteiger partial charge in [-0.25, -0.2) is 0 Å². The van der Waals surface area contributed by atoms with Crippen molar-refractivity contribution in [2.24, 2.45) is 0 Å². The summed E-state index contributed by atoms with van der Waals surface area (Å²) in [5.74, 6) is 1.98. The van der Waals surface area contributed by atoms with Crippen molar-refractivity contribution in [2.75, 3.05) is 0 Å². The van der Waals surface area contributed by atoms with Crippen molar-refractivity contribution in [3.63, 3.8) is 0 Å². The minimum absolute atomic E-state index is 0.841. The van der Waals surface area contributed by atoms with E-state index in [2.05, 4.69) is 39.1 Å². The van der Waals surface area contributed by atoms with Gasteiger partial charge in [0.25, 0.3) is 0 Å². The molecule has 0 spiro atoms. The van der Waals surface area contributed by atoms with Gasteiger partial charge in [-0.1, -0.05) is 12.1 Å². The predicted molar refractivity (Wildman–Crippen MR) is 67.4 cm³/mol. The Labute approximate surface area is 94.2 Å². The first-order valence-electron chi connectivity index (χ1n) is 5.85. The van der Waals surface area contributed by atoms with Crippen LogP contribution in [0.25, 0.3) is 0 Å². The molecule has 82 valence electrons. The predicted octanol–water partition coefficient (Wildman–Crippen LogP) is 3.54. The van der Waals surface area contributed by atoms with Crippen molar-refractivity contribution in [3.05, 3.63) is 28.8 Å². The third-order valence-electron chi connectivity index (χ3n) is 2.88. The lowest BCUT2D eigenvalue weighted by Crippen LogP contribution is -2.13. The highest BCUT2D eigenvalue weighted by molar-refractivity contribution is 6.49. The number of rotatable bonds is 3. The van der Waals surface area contributed by atoms with Crippen LogP contribution in [0.5, 0.6) is 5.75 Å². The van der Waals surface area contributed by atoms with Crippen LogP contribution in [0.4, 0.5) is 0 Å². The van der Waals surface area contributed by atoms with Crippen molar-refractivity contribution in [3.8, 4) is 5.75 Å². The summed E-state index contributed by atoms with van der Waals surface area (Å²) in [7, 11) is -0.978. The highest BCUT2D eigenvalue weighted by atomic mass is 28.3. The lowest BCUT2D eigenvalue weighted by Gasteiger charge is -2.16. The van der Waals surface area contributed by atoms with E-state index < -0.39 is 9.04 Å². The van der Waals surface area contributed by atoms with Crippen LogP contribution >= 0.6 is 0 Å². The van der Waals surface area contributed by atoms with Crippen LogP contribution in [-0.2, 0) is 0 Å². The average molecular weight is 220 g/mol. The van der Waals surface area contributed by atoms with E-state index in [1.165, 1.54) is 29.5 Å². The van der Waals surface area contributed by atoms with Gasteiger partial charge in [-0.2, -0.15) is 0 Å². The second-order valence-corrected chi connectivity index (χ2v) is 7.26. The second kappa shape index (κ2) is 4.01. The molecule has 1 aliphatic carbocycles. The molecule has 1 saturated carbocycles. The summed E-state index contributed by atoms with van der Waals surface area (Å²) < 4.78 is 5.97. The molecule has 0 radical (unpaired) electrons. The number of hydrogen-bond donors (Lipinski definition) is 0. The van der Waals surface area contributed by atoms with Crippen LogP contribution in [0.15, 0.2) is 12.1 Å². The molecule has 0 amide bonds. The zero-order valence-electron chi connectivity index (χ0n) is 10.1. The smallest absolute Gasteiger partial charge is 0.229 e. The van der Waals surface area contributed by atoms with Crippen molar-refractivity contribution < 1.29 is 4.43 Å². The molecule has 0 saturated heterocycles. The molecule has 0 aromatic heterocycles. The van der Waals surface area contributed by atoms with Gasteiger partial charge in [-0.15, -0.1) is 0 Å². The Balaban J connectivity index is 2.30. The van der Waals surface area contributed by atoms with E-state index >= 15 is 0 Å². The van der Waals surface area contributed by atoms with Crippen LogP contribution < -0.4 is 4.43 Å². The third kappa shape index (κ3) is 2.43. The lowest BCUT2D eigenvalue weighted by molar-refractivity contribution is 0.570. The van der Waals surface area contributed by atoms with Crippen molar-refractivity contribution in [1.82, 2.24) is 0 Å². The van der Waals surface area contributed by atoms with Crippen LogP contribution in [0.3, 0.4) is 0 Å². The summed E-state index contributed by atoms with van der Waals surface area (Å²) in [6, 6.07) is 4.63. The van der Waals surface area contributed by atoms with E-state index in [1.807, 2.05) is 0 Å². The Morgan fingerprint density at radius 2 is 1.67 bits per heavy atom. The van der Waals surface area contributed by atoms with Crippen LogP contribution in [0, 0.1) is 13.8 Å². The normalized spacial score (nSPS) is 15.8. The molecule has 1 aromatic rings. The molecular formula is C13H20OSi. The zero-order chi connectivity index (χ0) is 11.0. The van der Waals surface area contributed by atoms with Crippen molar-refractivity contribution >= 4 is 9.04 Å². The zero-order valence-corrected chi connectivity index (χ0v) is 11.3. The van der Waals surface area contributed by atoms with Gasteiger partial charge in [0.05, 0.1) is 0 Å².